The third-order valence-corrected chi connectivity index (χ3v) is 8.59. The average molecular weight is 711 g/mol. The highest BCUT2D eigenvalue weighted by molar-refractivity contribution is 6.07. The molecule has 1 aliphatic heterocycles. The Kier molecular flexibility index (Phi) is 11.7. The van der Waals surface area contributed by atoms with Gasteiger partial charge in [0.1, 0.15) is 29.4 Å². The third kappa shape index (κ3) is 7.95. The molecule has 1 saturated heterocycles. The fraction of sp³-hybridized carbons (Fsp3) is 0.444. The minimum atomic E-state index is -6.01. The Morgan fingerprint density at radius 3 is 1.90 bits per heavy atom. The number of ether oxygens (including phenoxy) is 2. The summed E-state index contributed by atoms with van der Waals surface area (Å²) in [6.45, 7) is 5.34. The second-order valence-corrected chi connectivity index (χ2v) is 12.4. The molecule has 272 valence electrons. The van der Waals surface area contributed by atoms with Crippen molar-refractivity contribution in [3.63, 3.8) is 0 Å². The van der Waals surface area contributed by atoms with E-state index in [0.29, 0.717) is 49.1 Å². The Balaban J connectivity index is 1.39. The van der Waals surface area contributed by atoms with Crippen molar-refractivity contribution < 1.29 is 55.6 Å². The zero-order valence-corrected chi connectivity index (χ0v) is 27.9. The number of urea groups is 1. The van der Waals surface area contributed by atoms with Crippen LogP contribution in [0.2, 0.25) is 0 Å². The number of imide groups is 1. The summed E-state index contributed by atoms with van der Waals surface area (Å²) in [4.78, 5) is 27.3. The van der Waals surface area contributed by atoms with Crippen molar-refractivity contribution in [1.82, 2.24) is 10.2 Å². The van der Waals surface area contributed by atoms with Gasteiger partial charge in [0.2, 0.25) is 0 Å². The number of unbranched alkanes of at least 4 members (excludes halogenated alkanes) is 1. The number of hydrogen-bond acceptors (Lipinski definition) is 6. The summed E-state index contributed by atoms with van der Waals surface area (Å²) in [7, 11) is 0. The van der Waals surface area contributed by atoms with E-state index in [1.165, 1.54) is 0 Å². The van der Waals surface area contributed by atoms with Crippen molar-refractivity contribution in [2.45, 2.75) is 89.4 Å². The van der Waals surface area contributed by atoms with Gasteiger partial charge in [-0.25, -0.2) is 4.79 Å². The number of phenolic OH excluding ortho intramolecular Hbond substituents is 1. The molecule has 8 nitrogen and oxygen atoms in total. The topological polar surface area (TPSA) is 108 Å². The molecule has 3 aromatic carbocycles. The summed E-state index contributed by atoms with van der Waals surface area (Å²) in [5, 5.41) is 22.2. The molecule has 1 unspecified atom stereocenters. The highest BCUT2D eigenvalue weighted by Gasteiger charge is 2.71. The molecule has 1 fully saturated rings. The van der Waals surface area contributed by atoms with Crippen LogP contribution in [0.5, 0.6) is 17.2 Å². The van der Waals surface area contributed by atoms with Crippen LogP contribution in [0.4, 0.5) is 31.1 Å². The summed E-state index contributed by atoms with van der Waals surface area (Å²) < 4.78 is 93.8. The van der Waals surface area contributed by atoms with Gasteiger partial charge in [-0.1, -0.05) is 51.0 Å². The van der Waals surface area contributed by atoms with Crippen molar-refractivity contribution in [3.8, 4) is 17.2 Å². The summed E-state index contributed by atoms with van der Waals surface area (Å²) in [6.07, 6.45) is -10.4. The Hall–Kier alpha value is -4.46. The molecule has 3 amide bonds. The van der Waals surface area contributed by atoms with E-state index in [4.69, 9.17) is 9.47 Å². The fourth-order valence-corrected chi connectivity index (χ4v) is 5.83. The number of nitrogens with one attached hydrogen (secondary N) is 1. The number of aromatic hydroxyl groups is 1. The van der Waals surface area contributed by atoms with Gasteiger partial charge in [-0.3, -0.25) is 9.69 Å². The van der Waals surface area contributed by atoms with Crippen LogP contribution in [0, 0.1) is 0 Å². The SMILES string of the molecule is CCCc1cc(C(O)(C(F)(F)F)C(F)(F)F)cc(CCC)c1OCCCCN1C(=O)NC(C)(c2ccc(OCc3ccc(O)cc3)cc2)C1=O. The lowest BCUT2D eigenvalue weighted by atomic mass is 9.87. The molecule has 4 rings (SSSR count). The van der Waals surface area contributed by atoms with Gasteiger partial charge >= 0.3 is 18.4 Å². The standard InChI is InChI=1S/C36H40F6N2O6/c1-4-8-24-20-27(34(48,35(37,38)39)36(40,41)42)21-25(9-5-2)30(24)49-19-7-6-18-44-31(46)33(3,43-32(44)47)26-12-16-29(17-13-26)50-22-23-10-14-28(45)15-11-23/h10-17,20-21,45,48H,4-9,18-19,22H2,1-3H3,(H,43,47). The van der Waals surface area contributed by atoms with Gasteiger partial charge in [0.15, 0.2) is 0 Å². The summed E-state index contributed by atoms with van der Waals surface area (Å²) in [6, 6.07) is 14.1. The van der Waals surface area contributed by atoms with Crippen molar-refractivity contribution in [2.75, 3.05) is 13.2 Å². The van der Waals surface area contributed by atoms with E-state index in [9.17, 15) is 46.1 Å². The van der Waals surface area contributed by atoms with Crippen LogP contribution in [-0.4, -0.2) is 52.6 Å². The number of nitrogens with zero attached hydrogens (tertiary/aromatic N) is 1. The predicted octanol–water partition coefficient (Wildman–Crippen LogP) is 7.81. The quantitative estimate of drug-likeness (QED) is 0.0844. The lowest BCUT2D eigenvalue weighted by molar-refractivity contribution is -0.376. The number of benzene rings is 3. The lowest BCUT2D eigenvalue weighted by Gasteiger charge is -2.33. The molecule has 0 bridgehead atoms. The smallest absolute Gasteiger partial charge is 0.430 e. The highest BCUT2D eigenvalue weighted by Crippen LogP contribution is 2.51. The average Bonchev–Trinajstić information content (AvgIpc) is 3.27. The molecule has 1 atom stereocenters. The first-order valence-corrected chi connectivity index (χ1v) is 16.3. The van der Waals surface area contributed by atoms with Crippen LogP contribution < -0.4 is 14.8 Å². The number of aliphatic hydroxyl groups is 1. The van der Waals surface area contributed by atoms with Crippen LogP contribution in [0.25, 0.3) is 0 Å². The Labute approximate surface area is 286 Å². The van der Waals surface area contributed by atoms with Crippen molar-refractivity contribution >= 4 is 11.9 Å². The van der Waals surface area contributed by atoms with E-state index in [2.05, 4.69) is 5.32 Å². The van der Waals surface area contributed by atoms with Gasteiger partial charge in [0, 0.05) is 12.1 Å². The molecule has 0 radical (unpaired) electrons. The van der Waals surface area contributed by atoms with Crippen molar-refractivity contribution in [2.24, 2.45) is 0 Å². The third-order valence-electron chi connectivity index (χ3n) is 8.59. The number of carbonyl (C=O) groups is 2. The molecular formula is C36H40F6N2O6. The molecule has 1 heterocycles. The van der Waals surface area contributed by atoms with E-state index in [1.54, 1.807) is 69.3 Å². The zero-order valence-electron chi connectivity index (χ0n) is 27.9. The lowest BCUT2D eigenvalue weighted by Crippen LogP contribution is -2.54. The monoisotopic (exact) mass is 710 g/mol. The predicted molar refractivity (Wildman–Crippen MR) is 172 cm³/mol. The highest BCUT2D eigenvalue weighted by atomic mass is 19.4. The number of halogens is 6. The van der Waals surface area contributed by atoms with E-state index in [0.717, 1.165) is 10.5 Å². The zero-order chi connectivity index (χ0) is 36.9. The van der Waals surface area contributed by atoms with Crippen LogP contribution in [-0.2, 0) is 35.4 Å². The second kappa shape index (κ2) is 15.2. The fourth-order valence-electron chi connectivity index (χ4n) is 5.83. The summed E-state index contributed by atoms with van der Waals surface area (Å²) >= 11 is 0. The minimum Gasteiger partial charge on any atom is -0.508 e. The number of phenols is 1. The van der Waals surface area contributed by atoms with Crippen LogP contribution in [0.1, 0.15) is 74.3 Å². The van der Waals surface area contributed by atoms with Gasteiger partial charge in [0.05, 0.1) is 6.61 Å². The molecule has 0 aromatic heterocycles. The Morgan fingerprint density at radius 1 is 0.820 bits per heavy atom. The van der Waals surface area contributed by atoms with Gasteiger partial charge < -0.3 is 25.0 Å². The minimum absolute atomic E-state index is 0.0160. The Morgan fingerprint density at radius 2 is 1.38 bits per heavy atom. The molecular weight excluding hydrogens is 670 g/mol. The van der Waals surface area contributed by atoms with E-state index in [-0.39, 0.29) is 55.2 Å². The van der Waals surface area contributed by atoms with Crippen molar-refractivity contribution in [1.29, 1.82) is 0 Å². The molecule has 3 N–H and O–H groups in total. The van der Waals surface area contributed by atoms with Crippen LogP contribution in [0.15, 0.2) is 60.7 Å². The molecule has 3 aromatic rings. The van der Waals surface area contributed by atoms with Gasteiger partial charge in [-0.05, 0) is 91.3 Å². The van der Waals surface area contributed by atoms with Crippen LogP contribution in [0.3, 0.4) is 0 Å². The number of alkyl halides is 6. The normalized spacial score (nSPS) is 16.9. The van der Waals surface area contributed by atoms with Gasteiger partial charge in [-0.2, -0.15) is 26.3 Å². The Bertz CT molecular complexity index is 1600. The molecule has 0 saturated carbocycles. The second-order valence-electron chi connectivity index (χ2n) is 12.4. The number of amides is 3. The number of aryl methyl sites for hydroxylation is 2. The van der Waals surface area contributed by atoms with Gasteiger partial charge in [0.25, 0.3) is 11.5 Å². The molecule has 14 heteroatoms. The first kappa shape index (κ1) is 38.3. The van der Waals surface area contributed by atoms with E-state index < -0.39 is 41.0 Å². The maximum Gasteiger partial charge on any atom is 0.430 e. The maximum absolute atomic E-state index is 13.7. The number of carbonyl (C=O) groups excluding carboxylic acids is 2. The molecule has 0 spiro atoms. The molecule has 50 heavy (non-hydrogen) atoms. The largest absolute Gasteiger partial charge is 0.508 e. The first-order valence-electron chi connectivity index (χ1n) is 16.3. The summed E-state index contributed by atoms with van der Waals surface area (Å²) in [5.41, 5.74) is -6.08. The molecule has 1 aliphatic rings. The maximum atomic E-state index is 13.7. The first-order chi connectivity index (χ1) is 23.5. The number of hydrogen-bond donors (Lipinski definition) is 3. The van der Waals surface area contributed by atoms with E-state index >= 15 is 0 Å². The number of rotatable bonds is 15. The van der Waals surface area contributed by atoms with Crippen LogP contribution >= 0.6 is 0 Å². The van der Waals surface area contributed by atoms with Crippen molar-refractivity contribution in [3.05, 3.63) is 88.5 Å². The van der Waals surface area contributed by atoms with E-state index in [1.807, 2.05) is 0 Å². The van der Waals surface area contributed by atoms with Gasteiger partial charge in [-0.15, -0.1) is 0 Å². The molecule has 0 aliphatic carbocycles. The summed E-state index contributed by atoms with van der Waals surface area (Å²) in [5.74, 6) is 0.385.